The van der Waals surface area contributed by atoms with Gasteiger partial charge in [-0.15, -0.1) is 11.3 Å². The molecule has 3 aromatic heterocycles. The topological polar surface area (TPSA) is 33.6 Å². The zero-order valence-corrected chi connectivity index (χ0v) is 28.3. The summed E-state index contributed by atoms with van der Waals surface area (Å²) in [5, 5.41) is 17.1. The molecule has 3 heterocycles. The molecule has 0 N–H and O–H groups in total. The second-order valence-corrected chi connectivity index (χ2v) is 15.1. The lowest BCUT2D eigenvalue weighted by Gasteiger charge is -2.22. The second kappa shape index (κ2) is 9.72. The summed E-state index contributed by atoms with van der Waals surface area (Å²) in [6.07, 6.45) is 0. The van der Waals surface area contributed by atoms with E-state index < -0.39 is 0 Å². The molecule has 7 aromatic carbocycles. The number of rotatable bonds is 2. The van der Waals surface area contributed by atoms with Gasteiger partial charge < -0.3 is 9.13 Å². The number of thiophene rings is 1. The van der Waals surface area contributed by atoms with E-state index in [4.69, 9.17) is 0 Å². The van der Waals surface area contributed by atoms with Gasteiger partial charge in [0, 0.05) is 58.5 Å². The summed E-state index contributed by atoms with van der Waals surface area (Å²) in [6.45, 7) is 4.76. The molecule has 1 aliphatic carbocycles. The highest BCUT2D eigenvalue weighted by Gasteiger charge is 2.38. The van der Waals surface area contributed by atoms with Crippen LogP contribution in [0.3, 0.4) is 0 Å². The maximum atomic E-state index is 9.64. The third-order valence-corrected chi connectivity index (χ3v) is 12.3. The van der Waals surface area contributed by atoms with E-state index in [0.717, 1.165) is 27.5 Å². The van der Waals surface area contributed by atoms with Crippen LogP contribution in [-0.4, -0.2) is 9.13 Å². The summed E-state index contributed by atoms with van der Waals surface area (Å²) in [5.74, 6) is 0. The van der Waals surface area contributed by atoms with E-state index in [1.165, 1.54) is 69.9 Å². The highest BCUT2D eigenvalue weighted by molar-refractivity contribution is 7.25. The minimum absolute atomic E-state index is 0.104. The molecule has 1 aliphatic rings. The predicted molar refractivity (Wildman–Crippen MR) is 210 cm³/mol. The standard InChI is InChI=1S/C46H29N3S/c1-46(2)37-12-6-3-9-30(37)32-18-20-41-44(45(32)46)33-11-5-8-14-39(33)49(41)29-17-22-43-36(25-29)35-24-28(16-21-42(35)50-43)48-38-13-7-4-10-31(38)34-23-27(26-47)15-19-40(34)48/h3-25H,1-2H3. The largest absolute Gasteiger partial charge is 0.309 e. The predicted octanol–water partition coefficient (Wildman–Crippen LogP) is 12.4. The third kappa shape index (κ3) is 3.52. The Morgan fingerprint density at radius 3 is 1.86 bits per heavy atom. The fraction of sp³-hybridized carbons (Fsp3) is 0.0652. The lowest BCUT2D eigenvalue weighted by molar-refractivity contribution is 0.666. The number of para-hydroxylation sites is 2. The minimum Gasteiger partial charge on any atom is -0.309 e. The Morgan fingerprint density at radius 2 is 1.12 bits per heavy atom. The first kappa shape index (κ1) is 27.8. The van der Waals surface area contributed by atoms with Crippen molar-refractivity contribution >= 4 is 75.1 Å². The summed E-state index contributed by atoms with van der Waals surface area (Å²) in [4.78, 5) is 0. The van der Waals surface area contributed by atoms with Crippen LogP contribution in [0.25, 0.3) is 86.3 Å². The van der Waals surface area contributed by atoms with Gasteiger partial charge in [-0.3, -0.25) is 0 Å². The van der Waals surface area contributed by atoms with Crippen LogP contribution in [0.5, 0.6) is 0 Å². The molecule has 0 aliphatic heterocycles. The molecule has 11 rings (SSSR count). The molecule has 0 fully saturated rings. The maximum Gasteiger partial charge on any atom is 0.0991 e. The quantitative estimate of drug-likeness (QED) is 0.182. The van der Waals surface area contributed by atoms with Crippen molar-refractivity contribution in [1.82, 2.24) is 9.13 Å². The van der Waals surface area contributed by atoms with Crippen molar-refractivity contribution in [2.24, 2.45) is 0 Å². The van der Waals surface area contributed by atoms with Gasteiger partial charge >= 0.3 is 0 Å². The van der Waals surface area contributed by atoms with Crippen molar-refractivity contribution in [1.29, 1.82) is 5.26 Å². The van der Waals surface area contributed by atoms with Crippen molar-refractivity contribution in [2.75, 3.05) is 0 Å². The molecule has 0 bridgehead atoms. The Kier molecular flexibility index (Phi) is 5.40. The Labute approximate surface area is 292 Å². The fourth-order valence-corrected chi connectivity index (χ4v) is 10.0. The van der Waals surface area contributed by atoms with Crippen LogP contribution in [0.4, 0.5) is 0 Å². The van der Waals surface area contributed by atoms with Crippen LogP contribution >= 0.6 is 11.3 Å². The van der Waals surface area contributed by atoms with E-state index >= 15 is 0 Å². The second-order valence-electron chi connectivity index (χ2n) is 14.1. The average molecular weight is 656 g/mol. The van der Waals surface area contributed by atoms with Crippen LogP contribution in [-0.2, 0) is 5.41 Å². The van der Waals surface area contributed by atoms with Crippen molar-refractivity contribution in [3.63, 3.8) is 0 Å². The van der Waals surface area contributed by atoms with Crippen LogP contribution in [0.15, 0.2) is 140 Å². The zero-order chi connectivity index (χ0) is 33.3. The van der Waals surface area contributed by atoms with Gasteiger partial charge in [0.15, 0.2) is 0 Å². The lowest BCUT2D eigenvalue weighted by Crippen LogP contribution is -2.15. The first-order valence-electron chi connectivity index (χ1n) is 17.1. The highest BCUT2D eigenvalue weighted by atomic mass is 32.1. The molecule has 4 heteroatoms. The van der Waals surface area contributed by atoms with Gasteiger partial charge in [0.25, 0.3) is 0 Å². The Bertz CT molecular complexity index is 3140. The van der Waals surface area contributed by atoms with Crippen LogP contribution in [0.2, 0.25) is 0 Å². The van der Waals surface area contributed by atoms with Crippen LogP contribution in [0, 0.1) is 11.3 Å². The number of fused-ring (bicyclic) bond motifs is 13. The Hall–Kier alpha value is -6.15. The zero-order valence-electron chi connectivity index (χ0n) is 27.5. The number of hydrogen-bond acceptors (Lipinski definition) is 2. The van der Waals surface area contributed by atoms with Crippen molar-refractivity contribution in [3.8, 4) is 28.6 Å². The molecule has 0 saturated carbocycles. The molecular formula is C46H29N3S. The summed E-state index contributed by atoms with van der Waals surface area (Å²) in [5.41, 5.74) is 13.1. The van der Waals surface area contributed by atoms with E-state index in [1.54, 1.807) is 0 Å². The van der Waals surface area contributed by atoms with Crippen LogP contribution in [0.1, 0.15) is 30.5 Å². The molecule has 0 radical (unpaired) electrons. The Balaban J connectivity index is 1.16. The smallest absolute Gasteiger partial charge is 0.0991 e. The van der Waals surface area contributed by atoms with Gasteiger partial charge in [-0.05, 0) is 95.1 Å². The summed E-state index contributed by atoms with van der Waals surface area (Å²) in [6, 6.07) is 53.1. The minimum atomic E-state index is -0.104. The van der Waals surface area contributed by atoms with E-state index in [9.17, 15) is 5.26 Å². The molecule has 0 atom stereocenters. The lowest BCUT2D eigenvalue weighted by atomic mass is 9.80. The SMILES string of the molecule is CC1(C)c2ccccc2-c2ccc3c(c21)c1ccccc1n3-c1ccc2sc3ccc(-n4c5ccccc5c5cc(C#N)ccc54)cc3c2c1. The summed E-state index contributed by atoms with van der Waals surface area (Å²) in [7, 11) is 0. The molecule has 3 nitrogen and oxygen atoms in total. The van der Waals surface area contributed by atoms with E-state index in [2.05, 4.69) is 156 Å². The van der Waals surface area contributed by atoms with E-state index in [1.807, 2.05) is 23.5 Å². The molecule has 50 heavy (non-hydrogen) atoms. The maximum absolute atomic E-state index is 9.64. The summed E-state index contributed by atoms with van der Waals surface area (Å²) >= 11 is 1.85. The fourth-order valence-electron chi connectivity index (χ4n) is 8.96. The van der Waals surface area contributed by atoms with Gasteiger partial charge in [-0.25, -0.2) is 0 Å². The molecule has 0 saturated heterocycles. The van der Waals surface area contributed by atoms with Gasteiger partial charge in [0.2, 0.25) is 0 Å². The van der Waals surface area contributed by atoms with Crippen molar-refractivity contribution in [2.45, 2.75) is 19.3 Å². The van der Waals surface area contributed by atoms with Gasteiger partial charge in [0.05, 0.1) is 33.7 Å². The number of nitriles is 1. The van der Waals surface area contributed by atoms with Crippen molar-refractivity contribution in [3.05, 3.63) is 156 Å². The van der Waals surface area contributed by atoms with Gasteiger partial charge in [0.1, 0.15) is 0 Å². The number of aromatic nitrogens is 2. The highest BCUT2D eigenvalue weighted by Crippen LogP contribution is 2.53. The molecule has 0 amide bonds. The average Bonchev–Trinajstić information content (AvgIpc) is 3.86. The van der Waals surface area contributed by atoms with Gasteiger partial charge in [-0.1, -0.05) is 80.6 Å². The van der Waals surface area contributed by atoms with E-state index in [0.29, 0.717) is 5.56 Å². The normalized spacial score (nSPS) is 13.5. The molecule has 0 spiro atoms. The summed E-state index contributed by atoms with van der Waals surface area (Å²) < 4.78 is 7.36. The monoisotopic (exact) mass is 655 g/mol. The Morgan fingerprint density at radius 1 is 0.520 bits per heavy atom. The first-order chi connectivity index (χ1) is 24.5. The number of hydrogen-bond donors (Lipinski definition) is 0. The molecule has 10 aromatic rings. The number of benzene rings is 7. The first-order valence-corrected chi connectivity index (χ1v) is 17.9. The molecule has 0 unspecified atom stereocenters. The third-order valence-electron chi connectivity index (χ3n) is 11.1. The number of nitrogens with zero attached hydrogens (tertiary/aromatic N) is 3. The van der Waals surface area contributed by atoms with Gasteiger partial charge in [-0.2, -0.15) is 5.26 Å². The molecular weight excluding hydrogens is 627 g/mol. The van der Waals surface area contributed by atoms with E-state index in [-0.39, 0.29) is 5.41 Å². The van der Waals surface area contributed by atoms with Crippen LogP contribution < -0.4 is 0 Å². The van der Waals surface area contributed by atoms with Crippen molar-refractivity contribution < 1.29 is 0 Å². The molecule has 234 valence electrons.